The Hall–Kier alpha value is -4.44. The Morgan fingerprint density at radius 3 is 1.77 bits per heavy atom. The van der Waals surface area contributed by atoms with Crippen LogP contribution in [-0.2, 0) is 7.05 Å². The van der Waals surface area contributed by atoms with E-state index in [-0.39, 0.29) is 11.6 Å². The molecule has 2 nitrogen and oxygen atoms in total. The smallest absolute Gasteiger partial charge is 0.123 e. The minimum absolute atomic E-state index is 0.279. The molecule has 0 amide bonds. The molecule has 4 heteroatoms. The summed E-state index contributed by atoms with van der Waals surface area (Å²) < 4.78 is 32.2. The molecule has 0 fully saturated rings. The fourth-order valence-corrected chi connectivity index (χ4v) is 5.39. The molecule has 0 N–H and O–H groups in total. The maximum atomic E-state index is 14.3. The monoisotopic (exact) mass is 458 g/mol. The number of halogens is 2. The standard InChI is InChI=1S/C31H20F2N2/c1-34-28-5-3-2-4-24(28)25-16-19(6-13-29(25)34)20-7-14-30-26(17-20)27-18-22(33)10-15-31(27)35(30)23-11-8-21(32)9-12-23/h2-18H,1H3. The summed E-state index contributed by atoms with van der Waals surface area (Å²) in [6.07, 6.45) is 0. The molecule has 2 heterocycles. The molecule has 0 spiro atoms. The van der Waals surface area contributed by atoms with Gasteiger partial charge in [-0.1, -0.05) is 30.3 Å². The van der Waals surface area contributed by atoms with Gasteiger partial charge in [0.25, 0.3) is 0 Å². The zero-order chi connectivity index (χ0) is 23.7. The van der Waals surface area contributed by atoms with Crippen LogP contribution in [0.3, 0.4) is 0 Å². The van der Waals surface area contributed by atoms with Gasteiger partial charge >= 0.3 is 0 Å². The summed E-state index contributed by atoms with van der Waals surface area (Å²) in [6.45, 7) is 0. The number of rotatable bonds is 2. The fraction of sp³-hybridized carbons (Fsp3) is 0.0323. The van der Waals surface area contributed by atoms with Crippen LogP contribution in [0, 0.1) is 11.6 Å². The third-order valence-electron chi connectivity index (χ3n) is 7.06. The number of hydrogen-bond acceptors (Lipinski definition) is 0. The van der Waals surface area contributed by atoms with E-state index in [0.29, 0.717) is 0 Å². The van der Waals surface area contributed by atoms with Crippen LogP contribution in [0.1, 0.15) is 0 Å². The van der Waals surface area contributed by atoms with Crippen molar-refractivity contribution >= 4 is 43.6 Å². The Bertz CT molecular complexity index is 1920. The van der Waals surface area contributed by atoms with Crippen molar-refractivity contribution in [1.82, 2.24) is 9.13 Å². The minimum Gasteiger partial charge on any atom is -0.344 e. The van der Waals surface area contributed by atoms with E-state index in [2.05, 4.69) is 76.8 Å². The summed E-state index contributed by atoms with van der Waals surface area (Å²) in [5.74, 6) is -0.565. The van der Waals surface area contributed by atoms with Crippen LogP contribution < -0.4 is 0 Å². The van der Waals surface area contributed by atoms with Gasteiger partial charge in [0.15, 0.2) is 0 Å². The third-order valence-corrected chi connectivity index (χ3v) is 7.06. The van der Waals surface area contributed by atoms with Gasteiger partial charge in [-0.05, 0) is 83.9 Å². The molecule has 0 unspecified atom stereocenters. The topological polar surface area (TPSA) is 9.86 Å². The molecule has 7 rings (SSSR count). The molecule has 0 bridgehead atoms. The van der Waals surface area contributed by atoms with Crippen molar-refractivity contribution in [2.45, 2.75) is 0 Å². The fourth-order valence-electron chi connectivity index (χ4n) is 5.39. The maximum Gasteiger partial charge on any atom is 0.123 e. The highest BCUT2D eigenvalue weighted by Gasteiger charge is 2.15. The number of para-hydroxylation sites is 1. The quantitative estimate of drug-likeness (QED) is 0.246. The van der Waals surface area contributed by atoms with E-state index in [4.69, 9.17) is 0 Å². The predicted molar refractivity (Wildman–Crippen MR) is 140 cm³/mol. The lowest BCUT2D eigenvalue weighted by atomic mass is 10.0. The normalized spacial score (nSPS) is 11.9. The lowest BCUT2D eigenvalue weighted by molar-refractivity contribution is 0.627. The molecule has 0 aliphatic carbocycles. The largest absolute Gasteiger partial charge is 0.344 e. The van der Waals surface area contributed by atoms with Crippen LogP contribution in [0.5, 0.6) is 0 Å². The molecule has 168 valence electrons. The van der Waals surface area contributed by atoms with Crippen LogP contribution in [0.25, 0.3) is 60.4 Å². The Kier molecular flexibility index (Phi) is 4.15. The summed E-state index contributed by atoms with van der Waals surface area (Å²) in [6, 6.07) is 32.5. The van der Waals surface area contributed by atoms with Crippen LogP contribution in [0.2, 0.25) is 0 Å². The van der Waals surface area contributed by atoms with E-state index < -0.39 is 0 Å². The van der Waals surface area contributed by atoms with Gasteiger partial charge in [0.05, 0.1) is 11.0 Å². The summed E-state index contributed by atoms with van der Waals surface area (Å²) in [4.78, 5) is 0. The molecular formula is C31H20F2N2. The Labute approximate surface area is 200 Å². The van der Waals surface area contributed by atoms with Crippen LogP contribution in [0.15, 0.2) is 103 Å². The average molecular weight is 459 g/mol. The van der Waals surface area contributed by atoms with Crippen molar-refractivity contribution in [2.24, 2.45) is 7.05 Å². The molecule has 0 radical (unpaired) electrons. The van der Waals surface area contributed by atoms with Crippen molar-refractivity contribution in [3.8, 4) is 16.8 Å². The van der Waals surface area contributed by atoms with Gasteiger partial charge in [0, 0.05) is 45.3 Å². The van der Waals surface area contributed by atoms with Gasteiger partial charge in [0.1, 0.15) is 11.6 Å². The van der Waals surface area contributed by atoms with Gasteiger partial charge < -0.3 is 9.13 Å². The third kappa shape index (κ3) is 2.93. The van der Waals surface area contributed by atoms with E-state index in [9.17, 15) is 8.78 Å². The first kappa shape index (κ1) is 20.0. The highest BCUT2D eigenvalue weighted by molar-refractivity contribution is 6.12. The number of aromatic nitrogens is 2. The molecule has 0 aliphatic heterocycles. The zero-order valence-electron chi connectivity index (χ0n) is 19.0. The molecule has 35 heavy (non-hydrogen) atoms. The first-order chi connectivity index (χ1) is 17.1. The lowest BCUT2D eigenvalue weighted by Gasteiger charge is -2.08. The van der Waals surface area contributed by atoms with Crippen LogP contribution in [0.4, 0.5) is 8.78 Å². The van der Waals surface area contributed by atoms with Gasteiger partial charge in [-0.2, -0.15) is 0 Å². The van der Waals surface area contributed by atoms with Gasteiger partial charge in [-0.25, -0.2) is 8.78 Å². The molecule has 5 aromatic carbocycles. The van der Waals surface area contributed by atoms with Crippen molar-refractivity contribution in [3.05, 3.63) is 115 Å². The number of aryl methyl sites for hydroxylation is 1. The van der Waals surface area contributed by atoms with E-state index in [1.54, 1.807) is 24.3 Å². The molecule has 0 saturated carbocycles. The van der Waals surface area contributed by atoms with Gasteiger partial charge in [0.2, 0.25) is 0 Å². The molecule has 7 aromatic rings. The molecule has 0 atom stereocenters. The second-order valence-electron chi connectivity index (χ2n) is 9.01. The number of fused-ring (bicyclic) bond motifs is 6. The van der Waals surface area contributed by atoms with Crippen molar-refractivity contribution < 1.29 is 8.78 Å². The Morgan fingerprint density at radius 2 is 1.03 bits per heavy atom. The second-order valence-corrected chi connectivity index (χ2v) is 9.01. The average Bonchev–Trinajstić information content (AvgIpc) is 3.36. The highest BCUT2D eigenvalue weighted by Crippen LogP contribution is 2.37. The van der Waals surface area contributed by atoms with E-state index in [1.807, 2.05) is 0 Å². The molecular weight excluding hydrogens is 438 g/mol. The van der Waals surface area contributed by atoms with Crippen molar-refractivity contribution in [3.63, 3.8) is 0 Å². The first-order valence-electron chi connectivity index (χ1n) is 11.6. The summed E-state index contributed by atoms with van der Waals surface area (Å²) >= 11 is 0. The van der Waals surface area contributed by atoms with Crippen molar-refractivity contribution in [1.29, 1.82) is 0 Å². The number of hydrogen-bond donors (Lipinski definition) is 0. The van der Waals surface area contributed by atoms with E-state index in [1.165, 1.54) is 40.0 Å². The highest BCUT2D eigenvalue weighted by atomic mass is 19.1. The van der Waals surface area contributed by atoms with E-state index in [0.717, 1.165) is 38.6 Å². The SMILES string of the molecule is Cn1c2ccccc2c2cc(-c3ccc4c(c3)c3cc(F)ccc3n4-c3ccc(F)cc3)ccc21. The molecule has 0 saturated heterocycles. The number of nitrogens with zero attached hydrogens (tertiary/aromatic N) is 2. The summed E-state index contributed by atoms with van der Waals surface area (Å²) in [7, 11) is 2.09. The second kappa shape index (κ2) is 7.28. The maximum absolute atomic E-state index is 14.3. The molecule has 0 aliphatic rings. The Balaban J connectivity index is 1.49. The number of benzene rings is 5. The first-order valence-corrected chi connectivity index (χ1v) is 11.6. The van der Waals surface area contributed by atoms with Gasteiger partial charge in [-0.15, -0.1) is 0 Å². The summed E-state index contributed by atoms with van der Waals surface area (Å²) in [5, 5.41) is 4.22. The summed E-state index contributed by atoms with van der Waals surface area (Å²) in [5.41, 5.74) is 7.23. The van der Waals surface area contributed by atoms with Gasteiger partial charge in [-0.3, -0.25) is 0 Å². The molecule has 2 aromatic heterocycles. The van der Waals surface area contributed by atoms with Crippen LogP contribution in [-0.4, -0.2) is 9.13 Å². The lowest BCUT2D eigenvalue weighted by Crippen LogP contribution is -1.94. The Morgan fingerprint density at radius 1 is 0.486 bits per heavy atom. The minimum atomic E-state index is -0.285. The predicted octanol–water partition coefficient (Wildman–Crippen LogP) is 8.37. The zero-order valence-corrected chi connectivity index (χ0v) is 19.0. The van der Waals surface area contributed by atoms with Crippen molar-refractivity contribution in [2.75, 3.05) is 0 Å². The van der Waals surface area contributed by atoms with Crippen LogP contribution >= 0.6 is 0 Å². The van der Waals surface area contributed by atoms with E-state index >= 15 is 0 Å².